The van der Waals surface area contributed by atoms with Crippen LogP contribution in [0.5, 0.6) is 11.5 Å². The summed E-state index contributed by atoms with van der Waals surface area (Å²) in [5.41, 5.74) is -0.700. The lowest BCUT2D eigenvalue weighted by atomic mass is 10.1. The van der Waals surface area contributed by atoms with Crippen molar-refractivity contribution in [2.45, 2.75) is 84.2 Å². The molecule has 1 heterocycles. The summed E-state index contributed by atoms with van der Waals surface area (Å²) in [6.07, 6.45) is 10.3. The summed E-state index contributed by atoms with van der Waals surface area (Å²) in [7, 11) is -4.26. The predicted octanol–water partition coefficient (Wildman–Crippen LogP) is 8.87. The third-order valence-corrected chi connectivity index (χ3v) is 6.94. The first-order valence-electron chi connectivity index (χ1n) is 13.2. The van der Waals surface area contributed by atoms with Gasteiger partial charge in [0.25, 0.3) is 0 Å². The minimum Gasteiger partial charge on any atom is -0.443 e. The smallest absolute Gasteiger partial charge is 0.443 e. The Hall–Kier alpha value is -2.92. The van der Waals surface area contributed by atoms with Crippen LogP contribution in [0.25, 0.3) is 0 Å². The van der Waals surface area contributed by atoms with Gasteiger partial charge in [-0.15, -0.1) is 0 Å². The van der Waals surface area contributed by atoms with Crippen LogP contribution in [0.15, 0.2) is 72.6 Å². The van der Waals surface area contributed by atoms with Crippen LogP contribution in [-0.2, 0) is 13.8 Å². The van der Waals surface area contributed by atoms with Crippen molar-refractivity contribution in [3.8, 4) is 11.5 Å². The SMILES string of the molecule is CC(C)(C)OC(=O)N1CCCCCCCCCC/C=C/1OP(=O)(Oc1ccccc1)Oc1ccccc1. The molecule has 0 saturated heterocycles. The molecule has 0 saturated carbocycles. The summed E-state index contributed by atoms with van der Waals surface area (Å²) in [4.78, 5) is 14.8. The van der Waals surface area contributed by atoms with Crippen LogP contribution in [0.4, 0.5) is 4.79 Å². The number of carbonyl (C=O) groups is 1. The zero-order valence-corrected chi connectivity index (χ0v) is 23.2. The number of hydrogen-bond donors (Lipinski definition) is 0. The van der Waals surface area contributed by atoms with E-state index in [1.807, 2.05) is 32.9 Å². The van der Waals surface area contributed by atoms with E-state index in [4.69, 9.17) is 18.3 Å². The Morgan fingerprint density at radius 2 is 1.22 bits per heavy atom. The Morgan fingerprint density at radius 3 is 1.73 bits per heavy atom. The van der Waals surface area contributed by atoms with Gasteiger partial charge in [-0.1, -0.05) is 74.9 Å². The fraction of sp³-hybridized carbons (Fsp3) is 0.483. The van der Waals surface area contributed by atoms with E-state index in [0.29, 0.717) is 24.5 Å². The van der Waals surface area contributed by atoms with Gasteiger partial charge in [0.15, 0.2) is 0 Å². The number of para-hydroxylation sites is 2. The minimum atomic E-state index is -4.26. The van der Waals surface area contributed by atoms with Crippen molar-refractivity contribution >= 4 is 13.9 Å². The normalized spacial score (nSPS) is 17.7. The molecule has 2 aromatic carbocycles. The molecule has 0 bridgehead atoms. The first-order valence-corrected chi connectivity index (χ1v) is 14.7. The van der Waals surface area contributed by atoms with Crippen molar-refractivity contribution in [1.29, 1.82) is 0 Å². The number of phosphoric acid groups is 1. The third-order valence-electron chi connectivity index (χ3n) is 5.66. The van der Waals surface area contributed by atoms with Crippen molar-refractivity contribution in [2.24, 2.45) is 0 Å². The number of benzene rings is 2. The van der Waals surface area contributed by atoms with E-state index >= 15 is 0 Å². The molecule has 0 spiro atoms. The monoisotopic (exact) mass is 529 g/mol. The summed E-state index contributed by atoms with van der Waals surface area (Å²) in [5, 5.41) is 0. The molecule has 0 aliphatic carbocycles. The molecule has 37 heavy (non-hydrogen) atoms. The van der Waals surface area contributed by atoms with Crippen LogP contribution in [0.3, 0.4) is 0 Å². The summed E-state index contributed by atoms with van der Waals surface area (Å²) in [5.74, 6) is 0.787. The molecule has 0 N–H and O–H groups in total. The Kier molecular flexibility index (Phi) is 10.9. The number of rotatable bonds is 6. The van der Waals surface area contributed by atoms with Crippen LogP contribution in [-0.4, -0.2) is 23.1 Å². The number of ether oxygens (including phenoxy) is 1. The molecular weight excluding hydrogens is 489 g/mol. The van der Waals surface area contributed by atoms with E-state index in [-0.39, 0.29) is 5.88 Å². The standard InChI is InChI=1S/C29H40NO6P/c1-29(2,3)33-28(31)30-24-18-10-8-6-4-5-7-9-17-23-27(30)36-37(32,34-25-19-13-11-14-20-25)35-26-21-15-12-16-22-26/h11-16,19-23H,4-10,17-18,24H2,1-3H3/b27-23-. The minimum absolute atomic E-state index is 0.128. The zero-order valence-electron chi connectivity index (χ0n) is 22.3. The number of carbonyl (C=O) groups excluding carboxylic acids is 1. The van der Waals surface area contributed by atoms with Gasteiger partial charge in [0.05, 0.1) is 0 Å². The van der Waals surface area contributed by atoms with E-state index in [2.05, 4.69) is 0 Å². The van der Waals surface area contributed by atoms with E-state index < -0.39 is 19.5 Å². The maximum Gasteiger partial charge on any atom is 0.648 e. The fourth-order valence-corrected chi connectivity index (χ4v) is 5.17. The Balaban J connectivity index is 1.95. The van der Waals surface area contributed by atoms with Gasteiger partial charge in [-0.2, -0.15) is 4.57 Å². The number of phosphoric ester groups is 1. The molecule has 1 aliphatic heterocycles. The van der Waals surface area contributed by atoms with E-state index in [1.165, 1.54) is 24.2 Å². The average Bonchev–Trinajstić information content (AvgIpc) is 2.86. The van der Waals surface area contributed by atoms with Gasteiger partial charge in [0.1, 0.15) is 17.1 Å². The van der Waals surface area contributed by atoms with Crippen LogP contribution in [0.1, 0.15) is 78.6 Å². The molecular formula is C29H40NO6P. The van der Waals surface area contributed by atoms with Gasteiger partial charge in [-0.05, 0) is 70.4 Å². The summed E-state index contributed by atoms with van der Waals surface area (Å²) >= 11 is 0. The van der Waals surface area contributed by atoms with Crippen molar-refractivity contribution in [2.75, 3.05) is 6.54 Å². The predicted molar refractivity (Wildman–Crippen MR) is 145 cm³/mol. The van der Waals surface area contributed by atoms with Crippen LogP contribution in [0.2, 0.25) is 0 Å². The third kappa shape index (κ3) is 10.5. The fourth-order valence-electron chi connectivity index (χ4n) is 3.90. The lowest BCUT2D eigenvalue weighted by Crippen LogP contribution is -2.37. The number of amides is 1. The lowest BCUT2D eigenvalue weighted by molar-refractivity contribution is 0.0225. The van der Waals surface area contributed by atoms with Gasteiger partial charge in [0.2, 0.25) is 5.88 Å². The number of allylic oxidation sites excluding steroid dienone is 1. The first kappa shape index (κ1) is 28.6. The maximum atomic E-state index is 14.1. The molecule has 3 rings (SSSR count). The molecule has 7 nitrogen and oxygen atoms in total. The number of nitrogens with zero attached hydrogens (tertiary/aromatic N) is 1. The van der Waals surface area contributed by atoms with Crippen molar-refractivity contribution in [3.63, 3.8) is 0 Å². The highest BCUT2D eigenvalue weighted by Crippen LogP contribution is 2.52. The molecule has 2 aromatic rings. The van der Waals surface area contributed by atoms with E-state index in [0.717, 1.165) is 32.1 Å². The second-order valence-corrected chi connectivity index (χ2v) is 11.6. The quantitative estimate of drug-likeness (QED) is 0.348. The van der Waals surface area contributed by atoms with E-state index in [1.54, 1.807) is 54.6 Å². The molecule has 0 aromatic heterocycles. The molecule has 1 aliphatic rings. The average molecular weight is 530 g/mol. The van der Waals surface area contributed by atoms with E-state index in [9.17, 15) is 9.36 Å². The second-order valence-electron chi connectivity index (χ2n) is 10.1. The van der Waals surface area contributed by atoms with Crippen molar-refractivity contribution < 1.29 is 27.7 Å². The summed E-state index contributed by atoms with van der Waals surface area (Å²) < 4.78 is 37.5. The highest BCUT2D eigenvalue weighted by molar-refractivity contribution is 7.49. The number of hydrogen-bond acceptors (Lipinski definition) is 6. The molecule has 202 valence electrons. The summed E-state index contributed by atoms with van der Waals surface area (Å²) in [6.45, 7) is 5.82. The largest absolute Gasteiger partial charge is 0.648 e. The molecule has 0 fully saturated rings. The van der Waals surface area contributed by atoms with Gasteiger partial charge >= 0.3 is 13.9 Å². The molecule has 8 heteroatoms. The first-order chi connectivity index (χ1) is 17.7. The van der Waals surface area contributed by atoms with Crippen LogP contribution < -0.4 is 9.05 Å². The van der Waals surface area contributed by atoms with Gasteiger partial charge in [0, 0.05) is 6.54 Å². The van der Waals surface area contributed by atoms with Crippen molar-refractivity contribution in [1.82, 2.24) is 4.90 Å². The summed E-state index contributed by atoms with van der Waals surface area (Å²) in [6, 6.07) is 17.5. The Morgan fingerprint density at radius 1 is 0.730 bits per heavy atom. The molecule has 0 radical (unpaired) electrons. The molecule has 0 atom stereocenters. The Labute approximate surface area is 221 Å². The highest BCUT2D eigenvalue weighted by atomic mass is 31.2. The van der Waals surface area contributed by atoms with Crippen LogP contribution in [0, 0.1) is 0 Å². The van der Waals surface area contributed by atoms with Gasteiger partial charge in [-0.25, -0.2) is 9.69 Å². The lowest BCUT2D eigenvalue weighted by Gasteiger charge is -2.30. The topological polar surface area (TPSA) is 74.3 Å². The van der Waals surface area contributed by atoms with Crippen molar-refractivity contribution in [3.05, 3.63) is 72.6 Å². The van der Waals surface area contributed by atoms with Gasteiger partial charge < -0.3 is 18.3 Å². The maximum absolute atomic E-state index is 14.1. The molecule has 0 unspecified atom stereocenters. The van der Waals surface area contributed by atoms with Gasteiger partial charge in [-0.3, -0.25) is 0 Å². The Bertz CT molecular complexity index is 990. The highest BCUT2D eigenvalue weighted by Gasteiger charge is 2.37. The second kappa shape index (κ2) is 14.1. The van der Waals surface area contributed by atoms with Crippen LogP contribution >= 0.6 is 7.82 Å². The zero-order chi connectivity index (χ0) is 26.6. The molecule has 1 amide bonds.